The molecule has 0 saturated heterocycles. The van der Waals surface area contributed by atoms with Crippen molar-refractivity contribution in [1.82, 2.24) is 4.98 Å². The first-order chi connectivity index (χ1) is 8.99. The number of hydrogen-bond acceptors (Lipinski definition) is 4. The van der Waals surface area contributed by atoms with Gasteiger partial charge in [-0.1, -0.05) is 23.7 Å². The molecule has 0 aliphatic carbocycles. The van der Waals surface area contributed by atoms with Crippen LogP contribution in [0.2, 0.25) is 5.02 Å². The zero-order valence-corrected chi connectivity index (χ0v) is 11.0. The fourth-order valence-electron chi connectivity index (χ4n) is 1.67. The van der Waals surface area contributed by atoms with Crippen molar-refractivity contribution in [3.05, 3.63) is 46.6 Å². The molecule has 0 atom stereocenters. The third-order valence-electron chi connectivity index (χ3n) is 2.68. The largest absolute Gasteiger partial charge is 0.397 e. The summed E-state index contributed by atoms with van der Waals surface area (Å²) in [5, 5.41) is 3.63. The number of carbonyl (C=O) groups excluding carboxylic acids is 1. The Balaban J connectivity index is 2.39. The average Bonchev–Trinajstić information content (AvgIpc) is 2.35. The predicted octanol–water partition coefficient (Wildman–Crippen LogP) is 2.47. The highest BCUT2D eigenvalue weighted by atomic mass is 35.5. The number of carbonyl (C=O) groups is 1. The van der Waals surface area contributed by atoms with Gasteiger partial charge in [-0.25, -0.2) is 4.98 Å². The van der Waals surface area contributed by atoms with Crippen LogP contribution in [0.1, 0.15) is 15.9 Å². The van der Waals surface area contributed by atoms with Gasteiger partial charge in [-0.3, -0.25) is 4.79 Å². The molecular weight excluding hydrogens is 264 g/mol. The van der Waals surface area contributed by atoms with Gasteiger partial charge in [0.1, 0.15) is 5.82 Å². The Kier molecular flexibility index (Phi) is 3.57. The SMILES string of the molecule is Cc1cccc(Cl)c1Nc1cc(C(N)=O)c(N)cn1. The van der Waals surface area contributed by atoms with E-state index in [1.165, 1.54) is 12.3 Å². The van der Waals surface area contributed by atoms with E-state index in [4.69, 9.17) is 23.1 Å². The number of aromatic nitrogens is 1. The van der Waals surface area contributed by atoms with Crippen molar-refractivity contribution in [2.75, 3.05) is 11.1 Å². The second-order valence-corrected chi connectivity index (χ2v) is 4.48. The van der Waals surface area contributed by atoms with Crippen LogP contribution in [0.4, 0.5) is 17.2 Å². The highest BCUT2D eigenvalue weighted by Gasteiger charge is 2.10. The van der Waals surface area contributed by atoms with Gasteiger partial charge in [-0.2, -0.15) is 0 Å². The van der Waals surface area contributed by atoms with Crippen molar-refractivity contribution in [3.8, 4) is 0 Å². The number of anilines is 3. The number of benzene rings is 1. The second kappa shape index (κ2) is 5.16. The van der Waals surface area contributed by atoms with Gasteiger partial charge in [0.2, 0.25) is 0 Å². The summed E-state index contributed by atoms with van der Waals surface area (Å²) in [4.78, 5) is 15.3. The molecule has 5 N–H and O–H groups in total. The van der Waals surface area contributed by atoms with Gasteiger partial charge in [0.05, 0.1) is 28.2 Å². The number of hydrogen-bond donors (Lipinski definition) is 3. The molecule has 6 heteroatoms. The minimum absolute atomic E-state index is 0.224. The fourth-order valence-corrected chi connectivity index (χ4v) is 1.94. The van der Waals surface area contributed by atoms with Crippen LogP contribution in [0.25, 0.3) is 0 Å². The van der Waals surface area contributed by atoms with E-state index in [2.05, 4.69) is 10.3 Å². The molecule has 0 bridgehead atoms. The smallest absolute Gasteiger partial charge is 0.250 e. The van der Waals surface area contributed by atoms with Gasteiger partial charge in [0, 0.05) is 0 Å². The van der Waals surface area contributed by atoms with Gasteiger partial charge in [-0.05, 0) is 24.6 Å². The molecule has 98 valence electrons. The molecule has 2 aromatic rings. The molecule has 0 aliphatic heterocycles. The molecule has 5 nitrogen and oxygen atoms in total. The number of para-hydroxylation sites is 1. The Morgan fingerprint density at radius 1 is 1.42 bits per heavy atom. The lowest BCUT2D eigenvalue weighted by atomic mass is 10.2. The lowest BCUT2D eigenvalue weighted by Crippen LogP contribution is -2.14. The second-order valence-electron chi connectivity index (χ2n) is 4.08. The van der Waals surface area contributed by atoms with Crippen LogP contribution in [0.15, 0.2) is 30.5 Å². The number of aryl methyl sites for hydroxylation is 1. The Morgan fingerprint density at radius 3 is 2.79 bits per heavy atom. The third kappa shape index (κ3) is 2.77. The highest BCUT2D eigenvalue weighted by molar-refractivity contribution is 6.33. The predicted molar refractivity (Wildman–Crippen MR) is 76.6 cm³/mol. The molecule has 0 radical (unpaired) electrons. The van der Waals surface area contributed by atoms with Crippen LogP contribution in [0, 0.1) is 6.92 Å². The molecule has 0 unspecified atom stereocenters. The normalized spacial score (nSPS) is 10.2. The minimum atomic E-state index is -0.598. The van der Waals surface area contributed by atoms with Gasteiger partial charge >= 0.3 is 0 Å². The van der Waals surface area contributed by atoms with Crippen molar-refractivity contribution in [2.45, 2.75) is 6.92 Å². The zero-order valence-electron chi connectivity index (χ0n) is 10.3. The Bertz CT molecular complexity index is 622. The topological polar surface area (TPSA) is 94.0 Å². The summed E-state index contributed by atoms with van der Waals surface area (Å²) in [5.41, 5.74) is 13.0. The van der Waals surface area contributed by atoms with E-state index in [0.29, 0.717) is 10.8 Å². The molecule has 1 aromatic heterocycles. The van der Waals surface area contributed by atoms with Crippen LogP contribution in [-0.4, -0.2) is 10.9 Å². The van der Waals surface area contributed by atoms with Crippen LogP contribution < -0.4 is 16.8 Å². The summed E-state index contributed by atoms with van der Waals surface area (Å²) in [6.45, 7) is 1.92. The molecule has 19 heavy (non-hydrogen) atoms. The number of nitrogens with zero attached hydrogens (tertiary/aromatic N) is 1. The molecule has 1 amide bonds. The molecule has 0 saturated carbocycles. The molecule has 1 aromatic carbocycles. The van der Waals surface area contributed by atoms with E-state index in [-0.39, 0.29) is 11.3 Å². The van der Waals surface area contributed by atoms with Crippen molar-refractivity contribution >= 4 is 34.7 Å². The lowest BCUT2D eigenvalue weighted by molar-refractivity contribution is 0.100. The highest BCUT2D eigenvalue weighted by Crippen LogP contribution is 2.28. The number of primary amides is 1. The van der Waals surface area contributed by atoms with E-state index in [1.807, 2.05) is 19.1 Å². The third-order valence-corrected chi connectivity index (χ3v) is 2.99. The number of rotatable bonds is 3. The fraction of sp³-hybridized carbons (Fsp3) is 0.0769. The maximum absolute atomic E-state index is 11.2. The van der Waals surface area contributed by atoms with E-state index in [9.17, 15) is 4.79 Å². The van der Waals surface area contributed by atoms with Gasteiger partial charge in [0.25, 0.3) is 5.91 Å². The Morgan fingerprint density at radius 2 is 2.16 bits per heavy atom. The average molecular weight is 277 g/mol. The van der Waals surface area contributed by atoms with E-state index < -0.39 is 5.91 Å². The first-order valence-corrected chi connectivity index (χ1v) is 5.94. The van der Waals surface area contributed by atoms with Crippen molar-refractivity contribution in [2.24, 2.45) is 5.73 Å². The van der Waals surface area contributed by atoms with Gasteiger partial charge in [0.15, 0.2) is 0 Å². The van der Waals surface area contributed by atoms with Crippen molar-refractivity contribution in [1.29, 1.82) is 0 Å². The maximum Gasteiger partial charge on any atom is 0.250 e. The summed E-state index contributed by atoms with van der Waals surface area (Å²) < 4.78 is 0. The standard InChI is InChI=1S/C13H13ClN4O/c1-7-3-2-4-9(14)12(7)18-11-5-8(13(16)19)10(15)6-17-11/h2-6H,15H2,1H3,(H2,16,19)(H,17,18). The number of nitrogens with one attached hydrogen (secondary N) is 1. The van der Waals surface area contributed by atoms with Crippen molar-refractivity contribution in [3.63, 3.8) is 0 Å². The monoisotopic (exact) mass is 276 g/mol. The number of nitrogen functional groups attached to an aromatic ring is 1. The molecule has 1 heterocycles. The lowest BCUT2D eigenvalue weighted by Gasteiger charge is -2.11. The van der Waals surface area contributed by atoms with Crippen LogP contribution in [0.3, 0.4) is 0 Å². The molecule has 0 fully saturated rings. The number of halogens is 1. The summed E-state index contributed by atoms with van der Waals surface area (Å²) >= 11 is 6.11. The summed E-state index contributed by atoms with van der Waals surface area (Å²) in [6, 6.07) is 7.04. The van der Waals surface area contributed by atoms with Gasteiger partial charge in [-0.15, -0.1) is 0 Å². The quantitative estimate of drug-likeness (QED) is 0.803. The van der Waals surface area contributed by atoms with Crippen LogP contribution in [0.5, 0.6) is 0 Å². The number of pyridine rings is 1. The number of amides is 1. The molecule has 0 spiro atoms. The first kappa shape index (κ1) is 13.2. The molecule has 2 rings (SSSR count). The molecule has 0 aliphatic rings. The zero-order chi connectivity index (χ0) is 14.0. The minimum Gasteiger partial charge on any atom is -0.397 e. The molecular formula is C13H13ClN4O. The summed E-state index contributed by atoms with van der Waals surface area (Å²) in [6.07, 6.45) is 1.38. The Labute approximate surface area is 115 Å². The van der Waals surface area contributed by atoms with E-state index in [1.54, 1.807) is 6.07 Å². The maximum atomic E-state index is 11.2. The van der Waals surface area contributed by atoms with Crippen molar-refractivity contribution < 1.29 is 4.79 Å². The Hall–Kier alpha value is -2.27. The van der Waals surface area contributed by atoms with Crippen LogP contribution >= 0.6 is 11.6 Å². The van der Waals surface area contributed by atoms with E-state index in [0.717, 1.165) is 11.3 Å². The first-order valence-electron chi connectivity index (χ1n) is 5.56. The van der Waals surface area contributed by atoms with Gasteiger partial charge < -0.3 is 16.8 Å². The number of nitrogens with two attached hydrogens (primary N) is 2. The van der Waals surface area contributed by atoms with Crippen LogP contribution in [-0.2, 0) is 0 Å². The summed E-state index contributed by atoms with van der Waals surface area (Å²) in [7, 11) is 0. The van der Waals surface area contributed by atoms with E-state index >= 15 is 0 Å². The summed E-state index contributed by atoms with van der Waals surface area (Å²) in [5.74, 6) is -0.141.